The van der Waals surface area contributed by atoms with Crippen molar-refractivity contribution in [1.82, 2.24) is 0 Å². The Kier molecular flexibility index (Phi) is 5.09. The smallest absolute Gasteiger partial charge is 0.330 e. The molecule has 0 saturated heterocycles. The number of hydrogen-bond donors (Lipinski definition) is 2. The second-order valence-electron chi connectivity index (χ2n) is 4.32. The monoisotopic (exact) mass is 369 g/mol. The summed E-state index contributed by atoms with van der Waals surface area (Å²) in [6.07, 6.45) is 0. The highest BCUT2D eigenvalue weighted by atomic mass is 79.9. The molecule has 0 aliphatic rings. The molecule has 1 atom stereocenters. The van der Waals surface area contributed by atoms with E-state index in [1.54, 1.807) is 49.6 Å². The molecule has 0 aromatic heterocycles. The molecule has 0 amide bonds. The van der Waals surface area contributed by atoms with Gasteiger partial charge in [0.1, 0.15) is 5.75 Å². The summed E-state index contributed by atoms with van der Waals surface area (Å²) in [5, 5.41) is 13.0. The molecule has 2 rings (SSSR count). The minimum absolute atomic E-state index is 0.564. The third kappa shape index (κ3) is 3.89. The van der Waals surface area contributed by atoms with E-state index in [0.717, 1.165) is 0 Å². The maximum atomic E-state index is 11.5. The van der Waals surface area contributed by atoms with E-state index >= 15 is 0 Å². The SMILES string of the molecule is COc1cccc(C(Nc2ccc(Cl)c(Br)c2)C(=O)O)c1. The normalized spacial score (nSPS) is 11.8. The lowest BCUT2D eigenvalue weighted by Crippen LogP contribution is -2.20. The molecule has 0 aliphatic carbocycles. The molecular formula is C15H13BrClNO3. The number of benzene rings is 2. The van der Waals surface area contributed by atoms with E-state index in [-0.39, 0.29) is 0 Å². The van der Waals surface area contributed by atoms with Crippen molar-refractivity contribution in [3.8, 4) is 5.75 Å². The summed E-state index contributed by atoms with van der Waals surface area (Å²) in [5.41, 5.74) is 1.26. The fourth-order valence-electron chi connectivity index (χ4n) is 1.86. The summed E-state index contributed by atoms with van der Waals surface area (Å²) in [4.78, 5) is 11.5. The minimum Gasteiger partial charge on any atom is -0.497 e. The molecule has 4 nitrogen and oxygen atoms in total. The average Bonchev–Trinajstić information content (AvgIpc) is 2.48. The van der Waals surface area contributed by atoms with Crippen LogP contribution in [0.25, 0.3) is 0 Å². The maximum Gasteiger partial charge on any atom is 0.330 e. The Hall–Kier alpha value is -1.72. The van der Waals surface area contributed by atoms with Gasteiger partial charge in [0, 0.05) is 10.2 Å². The van der Waals surface area contributed by atoms with Gasteiger partial charge >= 0.3 is 5.97 Å². The zero-order valence-corrected chi connectivity index (χ0v) is 13.5. The van der Waals surface area contributed by atoms with E-state index in [2.05, 4.69) is 21.2 Å². The van der Waals surface area contributed by atoms with Gasteiger partial charge in [-0.3, -0.25) is 0 Å². The van der Waals surface area contributed by atoms with Gasteiger partial charge in [0.05, 0.1) is 12.1 Å². The third-order valence-electron chi connectivity index (χ3n) is 2.90. The molecule has 0 saturated carbocycles. The van der Waals surface area contributed by atoms with Crippen LogP contribution in [0.4, 0.5) is 5.69 Å². The van der Waals surface area contributed by atoms with E-state index in [4.69, 9.17) is 16.3 Å². The molecule has 0 aliphatic heterocycles. The Morgan fingerprint density at radius 3 is 2.71 bits per heavy atom. The molecule has 0 radical (unpaired) electrons. The molecule has 1 unspecified atom stereocenters. The van der Waals surface area contributed by atoms with Crippen molar-refractivity contribution in [2.24, 2.45) is 0 Å². The zero-order chi connectivity index (χ0) is 15.4. The predicted octanol–water partition coefficient (Wildman–Crippen LogP) is 4.35. The Labute approximate surface area is 135 Å². The Balaban J connectivity index is 2.30. The van der Waals surface area contributed by atoms with Crippen LogP contribution in [0.5, 0.6) is 5.75 Å². The summed E-state index contributed by atoms with van der Waals surface area (Å²) < 4.78 is 5.82. The summed E-state index contributed by atoms with van der Waals surface area (Å²) in [6, 6.07) is 11.2. The lowest BCUT2D eigenvalue weighted by atomic mass is 10.1. The molecule has 110 valence electrons. The molecule has 6 heteroatoms. The van der Waals surface area contributed by atoms with Gasteiger partial charge in [-0.2, -0.15) is 0 Å². The second-order valence-corrected chi connectivity index (χ2v) is 5.58. The molecule has 21 heavy (non-hydrogen) atoms. The highest BCUT2D eigenvalue weighted by molar-refractivity contribution is 9.10. The van der Waals surface area contributed by atoms with Crippen molar-refractivity contribution in [3.05, 3.63) is 57.5 Å². The molecule has 2 aromatic rings. The third-order valence-corrected chi connectivity index (χ3v) is 4.12. The first kappa shape index (κ1) is 15.7. The number of anilines is 1. The van der Waals surface area contributed by atoms with Crippen molar-refractivity contribution in [3.63, 3.8) is 0 Å². The van der Waals surface area contributed by atoms with Gasteiger partial charge in [-0.05, 0) is 51.8 Å². The van der Waals surface area contributed by atoms with E-state index in [9.17, 15) is 9.90 Å². The Morgan fingerprint density at radius 1 is 1.33 bits per heavy atom. The van der Waals surface area contributed by atoms with Gasteiger partial charge < -0.3 is 15.2 Å². The summed E-state index contributed by atoms with van der Waals surface area (Å²) in [6.45, 7) is 0. The molecular weight excluding hydrogens is 358 g/mol. The number of methoxy groups -OCH3 is 1. The first-order valence-corrected chi connectivity index (χ1v) is 7.26. The number of halogens is 2. The summed E-state index contributed by atoms with van der Waals surface area (Å²) in [5.74, 6) is -0.368. The van der Waals surface area contributed by atoms with Crippen molar-refractivity contribution >= 4 is 39.2 Å². The van der Waals surface area contributed by atoms with E-state index < -0.39 is 12.0 Å². The highest BCUT2D eigenvalue weighted by Gasteiger charge is 2.20. The minimum atomic E-state index is -0.977. The highest BCUT2D eigenvalue weighted by Crippen LogP contribution is 2.28. The van der Waals surface area contributed by atoms with Gasteiger partial charge in [-0.25, -0.2) is 4.79 Å². The average molecular weight is 371 g/mol. The first-order chi connectivity index (χ1) is 10.0. The van der Waals surface area contributed by atoms with Crippen molar-refractivity contribution < 1.29 is 14.6 Å². The first-order valence-electron chi connectivity index (χ1n) is 6.09. The summed E-state index contributed by atoms with van der Waals surface area (Å²) in [7, 11) is 1.54. The Bertz CT molecular complexity index is 663. The quantitative estimate of drug-likeness (QED) is 0.821. The van der Waals surface area contributed by atoms with E-state index in [0.29, 0.717) is 26.5 Å². The van der Waals surface area contributed by atoms with Crippen molar-refractivity contribution in [2.45, 2.75) is 6.04 Å². The van der Waals surface area contributed by atoms with Crippen molar-refractivity contribution in [1.29, 1.82) is 0 Å². The van der Waals surface area contributed by atoms with E-state index in [1.165, 1.54) is 0 Å². The number of carboxylic acid groups (broad SMARTS) is 1. The van der Waals surface area contributed by atoms with Crippen LogP contribution in [0.15, 0.2) is 46.9 Å². The van der Waals surface area contributed by atoms with Crippen LogP contribution in [0.1, 0.15) is 11.6 Å². The fourth-order valence-corrected chi connectivity index (χ4v) is 2.36. The lowest BCUT2D eigenvalue weighted by molar-refractivity contribution is -0.138. The number of carboxylic acids is 1. The maximum absolute atomic E-state index is 11.5. The number of aliphatic carboxylic acids is 1. The molecule has 0 heterocycles. The van der Waals surface area contributed by atoms with Crippen LogP contribution in [0.2, 0.25) is 5.02 Å². The molecule has 2 aromatic carbocycles. The number of rotatable bonds is 5. The van der Waals surface area contributed by atoms with Gasteiger partial charge in [0.25, 0.3) is 0 Å². The fraction of sp³-hybridized carbons (Fsp3) is 0.133. The van der Waals surface area contributed by atoms with E-state index in [1.807, 2.05) is 0 Å². The molecule has 0 spiro atoms. The number of nitrogens with one attached hydrogen (secondary N) is 1. The van der Waals surface area contributed by atoms with Crippen LogP contribution in [0.3, 0.4) is 0 Å². The molecule has 0 bridgehead atoms. The van der Waals surface area contributed by atoms with Crippen molar-refractivity contribution in [2.75, 3.05) is 12.4 Å². The van der Waals surface area contributed by atoms with Gasteiger partial charge in [-0.1, -0.05) is 23.7 Å². The van der Waals surface area contributed by atoms with Gasteiger partial charge in [0.15, 0.2) is 6.04 Å². The number of carbonyl (C=O) groups is 1. The van der Waals surface area contributed by atoms with Crippen LogP contribution < -0.4 is 10.1 Å². The largest absolute Gasteiger partial charge is 0.497 e. The number of ether oxygens (including phenoxy) is 1. The van der Waals surface area contributed by atoms with Crippen LogP contribution in [0, 0.1) is 0 Å². The predicted molar refractivity (Wildman–Crippen MR) is 86.1 cm³/mol. The van der Waals surface area contributed by atoms with Crippen LogP contribution in [-0.4, -0.2) is 18.2 Å². The topological polar surface area (TPSA) is 58.6 Å². The van der Waals surface area contributed by atoms with Gasteiger partial charge in [0.2, 0.25) is 0 Å². The van der Waals surface area contributed by atoms with Crippen LogP contribution >= 0.6 is 27.5 Å². The standard InChI is InChI=1S/C15H13BrClNO3/c1-21-11-4-2-3-9(7-11)14(15(19)20)18-10-5-6-13(17)12(16)8-10/h2-8,14,18H,1H3,(H,19,20). The zero-order valence-electron chi connectivity index (χ0n) is 11.1. The second kappa shape index (κ2) is 6.83. The van der Waals surface area contributed by atoms with Gasteiger partial charge in [-0.15, -0.1) is 0 Å². The molecule has 2 N–H and O–H groups in total. The summed E-state index contributed by atoms with van der Waals surface area (Å²) >= 11 is 9.24. The number of hydrogen-bond acceptors (Lipinski definition) is 3. The Morgan fingerprint density at radius 2 is 2.10 bits per heavy atom. The van der Waals surface area contributed by atoms with Crippen LogP contribution in [-0.2, 0) is 4.79 Å². The lowest BCUT2D eigenvalue weighted by Gasteiger charge is -2.17. The molecule has 0 fully saturated rings.